The molecule has 1 atom stereocenters. The fraction of sp³-hybridized carbons (Fsp3) is 0.533. The highest BCUT2D eigenvalue weighted by molar-refractivity contribution is 5.77. The second kappa shape index (κ2) is 7.14. The van der Waals surface area contributed by atoms with Gasteiger partial charge in [-0.25, -0.2) is 0 Å². The lowest BCUT2D eigenvalue weighted by Gasteiger charge is -2.21. The average molecular weight is 264 g/mol. The van der Waals surface area contributed by atoms with Crippen LogP contribution in [0.1, 0.15) is 38.8 Å². The molecule has 0 radical (unpaired) electrons. The van der Waals surface area contributed by atoms with E-state index >= 15 is 0 Å². The van der Waals surface area contributed by atoms with Crippen molar-refractivity contribution in [3.05, 3.63) is 29.8 Å². The molecule has 0 aliphatic rings. The van der Waals surface area contributed by atoms with Gasteiger partial charge in [0.2, 0.25) is 0 Å². The lowest BCUT2D eigenvalue weighted by Crippen LogP contribution is -2.36. The van der Waals surface area contributed by atoms with E-state index in [0.29, 0.717) is 5.75 Å². The number of carbonyl (C=O) groups is 1. The van der Waals surface area contributed by atoms with Crippen LogP contribution in [0, 0.1) is 0 Å². The second-order valence-electron chi connectivity index (χ2n) is 4.97. The molecule has 0 aliphatic heterocycles. The molecule has 4 nitrogen and oxygen atoms in total. The van der Waals surface area contributed by atoms with Crippen molar-refractivity contribution in [1.29, 1.82) is 0 Å². The minimum Gasteiger partial charge on any atom is -0.484 e. The number of rotatable bonds is 6. The summed E-state index contributed by atoms with van der Waals surface area (Å²) in [4.78, 5) is 13.4. The number of likely N-dealkylation sites (N-methyl/N-ethyl adjacent to an activating group) is 1. The Labute approximate surface area is 115 Å². The van der Waals surface area contributed by atoms with Crippen LogP contribution in [-0.2, 0) is 4.79 Å². The van der Waals surface area contributed by atoms with Gasteiger partial charge in [-0.15, -0.1) is 0 Å². The van der Waals surface area contributed by atoms with Crippen molar-refractivity contribution in [2.24, 2.45) is 5.73 Å². The number of amides is 1. The van der Waals surface area contributed by atoms with Crippen LogP contribution >= 0.6 is 0 Å². The normalized spacial score (nSPS) is 12.3. The molecule has 0 spiro atoms. The molecule has 1 rings (SSSR count). The van der Waals surface area contributed by atoms with Crippen molar-refractivity contribution in [3.8, 4) is 5.75 Å². The summed E-state index contributed by atoms with van der Waals surface area (Å²) in [7, 11) is 1.78. The summed E-state index contributed by atoms with van der Waals surface area (Å²) < 4.78 is 5.48. The Bertz CT molecular complexity index is 401. The number of ether oxygens (including phenoxy) is 1. The van der Waals surface area contributed by atoms with E-state index < -0.39 is 0 Å². The summed E-state index contributed by atoms with van der Waals surface area (Å²) in [5, 5.41) is 0. The molecule has 1 aromatic rings. The molecule has 1 aromatic carbocycles. The third-order valence-electron chi connectivity index (χ3n) is 3.28. The van der Waals surface area contributed by atoms with Gasteiger partial charge in [-0.2, -0.15) is 0 Å². The van der Waals surface area contributed by atoms with Gasteiger partial charge in [0.25, 0.3) is 5.91 Å². The van der Waals surface area contributed by atoms with Crippen molar-refractivity contribution in [1.82, 2.24) is 4.90 Å². The van der Waals surface area contributed by atoms with Crippen LogP contribution in [0.3, 0.4) is 0 Å². The number of hydrogen-bond acceptors (Lipinski definition) is 3. The quantitative estimate of drug-likeness (QED) is 0.858. The highest BCUT2D eigenvalue weighted by Gasteiger charge is 2.12. The minimum atomic E-state index is -0.0238. The molecular formula is C15H24N2O2. The fourth-order valence-electron chi connectivity index (χ4n) is 1.58. The molecule has 19 heavy (non-hydrogen) atoms. The SMILES string of the molecule is CCC(N)c1ccc(OCC(=O)N(C)C(C)C)cc1. The van der Waals surface area contributed by atoms with Crippen LogP contribution in [0.2, 0.25) is 0 Å². The van der Waals surface area contributed by atoms with E-state index in [-0.39, 0.29) is 24.6 Å². The van der Waals surface area contributed by atoms with Crippen molar-refractivity contribution in [2.45, 2.75) is 39.3 Å². The first-order chi connectivity index (χ1) is 8.95. The van der Waals surface area contributed by atoms with Crippen LogP contribution in [0.15, 0.2) is 24.3 Å². The minimum absolute atomic E-state index is 0.0238. The van der Waals surface area contributed by atoms with Gasteiger partial charge in [-0.3, -0.25) is 4.79 Å². The fourth-order valence-corrected chi connectivity index (χ4v) is 1.58. The summed E-state index contributed by atoms with van der Waals surface area (Å²) in [6.45, 7) is 6.06. The van der Waals surface area contributed by atoms with E-state index in [4.69, 9.17) is 10.5 Å². The zero-order valence-corrected chi connectivity index (χ0v) is 12.2. The summed E-state index contributed by atoms with van der Waals surface area (Å²) in [5.41, 5.74) is 7.02. The summed E-state index contributed by atoms with van der Waals surface area (Å²) in [6.07, 6.45) is 0.901. The monoisotopic (exact) mass is 264 g/mol. The molecule has 0 saturated carbocycles. The van der Waals surface area contributed by atoms with Crippen LogP contribution in [-0.4, -0.2) is 30.5 Å². The Balaban J connectivity index is 2.52. The third-order valence-corrected chi connectivity index (χ3v) is 3.28. The zero-order chi connectivity index (χ0) is 14.4. The largest absolute Gasteiger partial charge is 0.484 e. The van der Waals surface area contributed by atoms with Gasteiger partial charge >= 0.3 is 0 Å². The smallest absolute Gasteiger partial charge is 0.260 e. The summed E-state index contributed by atoms with van der Waals surface area (Å²) in [5.74, 6) is 0.668. The maximum atomic E-state index is 11.8. The maximum absolute atomic E-state index is 11.8. The Kier molecular flexibility index (Phi) is 5.83. The summed E-state index contributed by atoms with van der Waals surface area (Å²) >= 11 is 0. The molecule has 106 valence electrons. The van der Waals surface area contributed by atoms with Gasteiger partial charge in [0.1, 0.15) is 5.75 Å². The van der Waals surface area contributed by atoms with Gasteiger partial charge in [0.15, 0.2) is 6.61 Å². The van der Waals surface area contributed by atoms with Crippen LogP contribution in [0.5, 0.6) is 5.75 Å². The first-order valence-electron chi connectivity index (χ1n) is 6.69. The van der Waals surface area contributed by atoms with Gasteiger partial charge in [0, 0.05) is 19.1 Å². The molecule has 0 aromatic heterocycles. The highest BCUT2D eigenvalue weighted by atomic mass is 16.5. The molecule has 4 heteroatoms. The zero-order valence-electron chi connectivity index (χ0n) is 12.2. The van der Waals surface area contributed by atoms with Crippen molar-refractivity contribution in [3.63, 3.8) is 0 Å². The molecular weight excluding hydrogens is 240 g/mol. The highest BCUT2D eigenvalue weighted by Crippen LogP contribution is 2.18. The number of carbonyl (C=O) groups excluding carboxylic acids is 1. The Hall–Kier alpha value is -1.55. The number of nitrogens with two attached hydrogens (primary N) is 1. The van der Waals surface area contributed by atoms with Gasteiger partial charge in [0.05, 0.1) is 0 Å². The van der Waals surface area contributed by atoms with E-state index in [1.807, 2.05) is 38.1 Å². The topological polar surface area (TPSA) is 55.6 Å². The molecule has 0 heterocycles. The first-order valence-corrected chi connectivity index (χ1v) is 6.69. The van der Waals surface area contributed by atoms with Crippen molar-refractivity contribution < 1.29 is 9.53 Å². The van der Waals surface area contributed by atoms with Crippen LogP contribution in [0.4, 0.5) is 0 Å². The lowest BCUT2D eigenvalue weighted by molar-refractivity contribution is -0.133. The second-order valence-corrected chi connectivity index (χ2v) is 4.97. The predicted molar refractivity (Wildman–Crippen MR) is 77.1 cm³/mol. The Morgan fingerprint density at radius 3 is 2.37 bits per heavy atom. The Morgan fingerprint density at radius 1 is 1.32 bits per heavy atom. The molecule has 1 unspecified atom stereocenters. The lowest BCUT2D eigenvalue weighted by atomic mass is 10.1. The third kappa shape index (κ3) is 4.56. The maximum Gasteiger partial charge on any atom is 0.260 e. The standard InChI is InChI=1S/C15H24N2O2/c1-5-14(16)12-6-8-13(9-7-12)19-10-15(18)17(4)11(2)3/h6-9,11,14H,5,10,16H2,1-4H3. The van der Waals surface area contributed by atoms with Gasteiger partial charge in [-0.05, 0) is 38.0 Å². The molecule has 1 amide bonds. The van der Waals surface area contributed by atoms with Crippen molar-refractivity contribution >= 4 is 5.91 Å². The van der Waals surface area contributed by atoms with Crippen molar-refractivity contribution in [2.75, 3.05) is 13.7 Å². The van der Waals surface area contributed by atoms with Gasteiger partial charge in [-0.1, -0.05) is 19.1 Å². The number of hydrogen-bond donors (Lipinski definition) is 1. The van der Waals surface area contributed by atoms with E-state index in [1.165, 1.54) is 0 Å². The molecule has 2 N–H and O–H groups in total. The van der Waals surface area contributed by atoms with Crippen LogP contribution in [0.25, 0.3) is 0 Å². The molecule has 0 saturated heterocycles. The average Bonchev–Trinajstić information content (AvgIpc) is 2.43. The molecule has 0 bridgehead atoms. The Morgan fingerprint density at radius 2 is 1.89 bits per heavy atom. The van der Waals surface area contributed by atoms with Crippen LogP contribution < -0.4 is 10.5 Å². The van der Waals surface area contributed by atoms with E-state index in [0.717, 1.165) is 12.0 Å². The van der Waals surface area contributed by atoms with Gasteiger partial charge < -0.3 is 15.4 Å². The van der Waals surface area contributed by atoms with E-state index in [2.05, 4.69) is 6.92 Å². The number of benzene rings is 1. The molecule has 0 aliphatic carbocycles. The first kappa shape index (κ1) is 15.5. The molecule has 0 fully saturated rings. The number of nitrogens with zero attached hydrogens (tertiary/aromatic N) is 1. The van der Waals surface area contributed by atoms with E-state index in [1.54, 1.807) is 11.9 Å². The summed E-state index contributed by atoms with van der Waals surface area (Å²) in [6, 6.07) is 7.84. The van der Waals surface area contributed by atoms with E-state index in [9.17, 15) is 4.79 Å². The predicted octanol–water partition coefficient (Wildman–Crippen LogP) is 2.34.